The molecule has 0 radical (unpaired) electrons. The summed E-state index contributed by atoms with van der Waals surface area (Å²) in [5.74, 6) is -3.11. The second kappa shape index (κ2) is 9.81. The van der Waals surface area contributed by atoms with E-state index in [-0.39, 0.29) is 47.9 Å². The molecule has 40 heavy (non-hydrogen) atoms. The summed E-state index contributed by atoms with van der Waals surface area (Å²) in [6, 6.07) is 5.80. The monoisotopic (exact) mass is 550 g/mol. The first-order valence-electron chi connectivity index (χ1n) is 13.3. The largest absolute Gasteiger partial charge is 0.494 e. The Morgan fingerprint density at radius 2 is 2.02 bits per heavy atom. The Hall–Kier alpha value is -4.12. The Labute approximate surface area is 228 Å². The number of methoxy groups -OCH3 is 1. The molecule has 2 aromatic heterocycles. The average Bonchev–Trinajstić information content (AvgIpc) is 3.58. The number of furan rings is 1. The van der Waals surface area contributed by atoms with E-state index >= 15 is 4.39 Å². The van der Waals surface area contributed by atoms with Gasteiger partial charge in [-0.15, -0.1) is 0 Å². The number of benzene rings is 1. The third kappa shape index (κ3) is 4.16. The highest BCUT2D eigenvalue weighted by molar-refractivity contribution is 6.10. The first kappa shape index (κ1) is 26.1. The molecule has 6 rings (SSSR count). The third-order valence-electron chi connectivity index (χ3n) is 7.95. The quantitative estimate of drug-likeness (QED) is 0.449. The summed E-state index contributed by atoms with van der Waals surface area (Å²) in [5, 5.41) is 2.30. The SMILES string of the molecule is CCCN1CC=C(c2nc3cc([C@]4(CN5Cc6ccc(OC)c(F)c6C5=O)CC(=O)NC4=O)oc3cc2F)CC1. The maximum absolute atomic E-state index is 15.2. The van der Waals surface area contributed by atoms with Gasteiger partial charge in [0.2, 0.25) is 11.8 Å². The van der Waals surface area contributed by atoms with Gasteiger partial charge in [-0.2, -0.15) is 0 Å². The number of carbonyl (C=O) groups excluding carboxylic acids is 3. The minimum absolute atomic E-state index is 0.0404. The average molecular weight is 551 g/mol. The Balaban J connectivity index is 1.35. The maximum atomic E-state index is 15.2. The molecule has 1 fully saturated rings. The van der Waals surface area contributed by atoms with E-state index in [1.54, 1.807) is 6.07 Å². The van der Waals surface area contributed by atoms with Crippen molar-refractivity contribution in [3.63, 3.8) is 0 Å². The van der Waals surface area contributed by atoms with E-state index in [9.17, 15) is 18.8 Å². The van der Waals surface area contributed by atoms with Gasteiger partial charge in [0.15, 0.2) is 23.0 Å². The molecule has 3 amide bonds. The van der Waals surface area contributed by atoms with E-state index in [0.717, 1.165) is 25.1 Å². The molecule has 0 aliphatic carbocycles. The van der Waals surface area contributed by atoms with Gasteiger partial charge in [0, 0.05) is 38.3 Å². The molecular weight excluding hydrogens is 522 g/mol. The van der Waals surface area contributed by atoms with Crippen LogP contribution in [0.15, 0.2) is 34.8 Å². The fraction of sp³-hybridized carbons (Fsp3) is 0.379. The molecule has 0 unspecified atom stereocenters. The lowest BCUT2D eigenvalue weighted by Crippen LogP contribution is -2.46. The van der Waals surface area contributed by atoms with Crippen molar-refractivity contribution >= 4 is 34.4 Å². The molecular formula is C29H28F2N4O5. The molecule has 9 nitrogen and oxygen atoms in total. The molecule has 5 heterocycles. The van der Waals surface area contributed by atoms with Gasteiger partial charge >= 0.3 is 0 Å². The Morgan fingerprint density at radius 1 is 1.20 bits per heavy atom. The molecule has 0 spiro atoms. The number of rotatable bonds is 7. The number of halogens is 2. The molecule has 0 saturated carbocycles. The van der Waals surface area contributed by atoms with Gasteiger partial charge in [0.25, 0.3) is 5.91 Å². The van der Waals surface area contributed by atoms with Crippen molar-refractivity contribution in [3.8, 4) is 5.75 Å². The van der Waals surface area contributed by atoms with Crippen LogP contribution in [-0.2, 0) is 21.5 Å². The Bertz CT molecular complexity index is 1600. The van der Waals surface area contributed by atoms with E-state index in [2.05, 4.69) is 22.1 Å². The summed E-state index contributed by atoms with van der Waals surface area (Å²) in [7, 11) is 1.31. The van der Waals surface area contributed by atoms with Crippen LogP contribution in [0.5, 0.6) is 5.75 Å². The van der Waals surface area contributed by atoms with E-state index in [0.29, 0.717) is 24.0 Å². The maximum Gasteiger partial charge on any atom is 0.257 e. The molecule has 1 aromatic carbocycles. The van der Waals surface area contributed by atoms with Crippen molar-refractivity contribution < 1.29 is 32.3 Å². The smallest absolute Gasteiger partial charge is 0.257 e. The fourth-order valence-corrected chi connectivity index (χ4v) is 5.91. The van der Waals surface area contributed by atoms with Crippen molar-refractivity contribution in [3.05, 3.63) is 64.6 Å². The van der Waals surface area contributed by atoms with E-state index in [1.165, 1.54) is 30.2 Å². The van der Waals surface area contributed by atoms with Crippen LogP contribution in [0.4, 0.5) is 8.78 Å². The second-order valence-corrected chi connectivity index (χ2v) is 10.5. The summed E-state index contributed by atoms with van der Waals surface area (Å²) >= 11 is 0. The highest BCUT2D eigenvalue weighted by Gasteiger charge is 2.53. The van der Waals surface area contributed by atoms with Gasteiger partial charge in [-0.05, 0) is 36.6 Å². The molecule has 1 N–H and O–H groups in total. The van der Waals surface area contributed by atoms with Crippen LogP contribution in [0.25, 0.3) is 16.7 Å². The molecule has 1 saturated heterocycles. The number of hydrogen-bond acceptors (Lipinski definition) is 7. The van der Waals surface area contributed by atoms with Gasteiger partial charge in [-0.3, -0.25) is 24.6 Å². The van der Waals surface area contributed by atoms with Gasteiger partial charge in [-0.1, -0.05) is 19.1 Å². The standard InChI is InChI=1S/C29H28F2N4O5/c1-3-8-34-9-6-16(7-10-34)26-18(30)11-21-19(32-26)12-22(40-21)29(13-23(36)33-28(29)38)15-35-14-17-4-5-20(39-2)25(31)24(17)27(35)37/h4-6,11-12H,3,7-10,13-15H2,1-2H3,(H,33,36,38)/t29-/m1/s1. The minimum Gasteiger partial charge on any atom is -0.494 e. The highest BCUT2D eigenvalue weighted by Crippen LogP contribution is 2.40. The number of aromatic nitrogens is 1. The van der Waals surface area contributed by atoms with Crippen LogP contribution >= 0.6 is 0 Å². The summed E-state index contributed by atoms with van der Waals surface area (Å²) in [6.07, 6.45) is 3.38. The van der Waals surface area contributed by atoms with Crippen LogP contribution < -0.4 is 10.1 Å². The number of hydrogen-bond donors (Lipinski definition) is 1. The predicted molar refractivity (Wildman–Crippen MR) is 140 cm³/mol. The molecule has 11 heteroatoms. The first-order chi connectivity index (χ1) is 19.2. The number of pyridine rings is 1. The lowest BCUT2D eigenvalue weighted by atomic mass is 9.82. The molecule has 1 atom stereocenters. The van der Waals surface area contributed by atoms with Gasteiger partial charge in [0.1, 0.15) is 22.4 Å². The van der Waals surface area contributed by atoms with E-state index in [4.69, 9.17) is 9.15 Å². The van der Waals surface area contributed by atoms with E-state index in [1.807, 2.05) is 6.08 Å². The van der Waals surface area contributed by atoms with Crippen molar-refractivity contribution in [2.24, 2.45) is 0 Å². The Kier molecular flexibility index (Phi) is 6.41. The number of ether oxygens (including phenoxy) is 1. The number of nitrogens with one attached hydrogen (secondary N) is 1. The lowest BCUT2D eigenvalue weighted by molar-refractivity contribution is -0.127. The number of carbonyl (C=O) groups is 3. The number of fused-ring (bicyclic) bond motifs is 2. The van der Waals surface area contributed by atoms with Crippen molar-refractivity contribution in [2.45, 2.75) is 38.1 Å². The first-order valence-corrected chi connectivity index (χ1v) is 13.3. The van der Waals surface area contributed by atoms with Crippen molar-refractivity contribution in [1.29, 1.82) is 0 Å². The molecule has 208 valence electrons. The summed E-state index contributed by atoms with van der Waals surface area (Å²) < 4.78 is 41.1. The van der Waals surface area contributed by atoms with Crippen LogP contribution in [0.3, 0.4) is 0 Å². The topological polar surface area (TPSA) is 105 Å². The lowest BCUT2D eigenvalue weighted by Gasteiger charge is -2.28. The number of amides is 3. The van der Waals surface area contributed by atoms with Crippen molar-refractivity contribution in [2.75, 3.05) is 33.3 Å². The molecule has 3 aromatic rings. The zero-order valence-electron chi connectivity index (χ0n) is 22.2. The van der Waals surface area contributed by atoms with Gasteiger partial charge < -0.3 is 14.1 Å². The van der Waals surface area contributed by atoms with Crippen LogP contribution in [0.1, 0.15) is 53.6 Å². The number of nitrogens with zero attached hydrogens (tertiary/aromatic N) is 3. The van der Waals surface area contributed by atoms with Crippen LogP contribution in [0, 0.1) is 11.6 Å². The third-order valence-corrected chi connectivity index (χ3v) is 7.95. The van der Waals surface area contributed by atoms with Gasteiger partial charge in [0.05, 0.1) is 19.1 Å². The number of imide groups is 1. The highest BCUT2D eigenvalue weighted by atomic mass is 19.1. The zero-order chi connectivity index (χ0) is 28.2. The normalized spacial score (nSPS) is 21.2. The van der Waals surface area contributed by atoms with Gasteiger partial charge in [-0.25, -0.2) is 13.8 Å². The van der Waals surface area contributed by atoms with Crippen LogP contribution in [-0.4, -0.2) is 65.8 Å². The van der Waals surface area contributed by atoms with Crippen molar-refractivity contribution in [1.82, 2.24) is 20.1 Å². The fourth-order valence-electron chi connectivity index (χ4n) is 5.91. The zero-order valence-corrected chi connectivity index (χ0v) is 22.2. The second-order valence-electron chi connectivity index (χ2n) is 10.5. The molecule has 3 aliphatic heterocycles. The molecule has 3 aliphatic rings. The summed E-state index contributed by atoms with van der Waals surface area (Å²) in [4.78, 5) is 47.0. The molecule has 0 bridgehead atoms. The summed E-state index contributed by atoms with van der Waals surface area (Å²) in [6.45, 7) is 4.40. The van der Waals surface area contributed by atoms with E-state index < -0.39 is 34.8 Å². The van der Waals surface area contributed by atoms with Crippen LogP contribution in [0.2, 0.25) is 0 Å². The minimum atomic E-state index is -1.59. The predicted octanol–water partition coefficient (Wildman–Crippen LogP) is 3.55. The Morgan fingerprint density at radius 3 is 2.70 bits per heavy atom. The summed E-state index contributed by atoms with van der Waals surface area (Å²) in [5.41, 5.74) is 0.217.